The topological polar surface area (TPSA) is 85.1 Å². The Hall–Kier alpha value is -2.77. The maximum atomic E-state index is 12.0. The van der Waals surface area contributed by atoms with Crippen LogP contribution in [0.1, 0.15) is 15.9 Å². The average Bonchev–Trinajstić information content (AvgIpc) is 3.13. The lowest BCUT2D eigenvalue weighted by Crippen LogP contribution is -2.17. The average molecular weight is 361 g/mol. The summed E-state index contributed by atoms with van der Waals surface area (Å²) < 4.78 is 1.49. The van der Waals surface area contributed by atoms with E-state index in [4.69, 9.17) is 23.2 Å². The fourth-order valence-electron chi connectivity index (χ4n) is 1.87. The van der Waals surface area contributed by atoms with E-state index in [0.717, 1.165) is 11.3 Å². The number of carbonyl (C=O) groups excluding carboxylic acids is 1. The third kappa shape index (κ3) is 3.76. The van der Waals surface area contributed by atoms with Crippen LogP contribution < -0.4 is 5.43 Å². The predicted molar refractivity (Wildman–Crippen MR) is 90.7 cm³/mol. The summed E-state index contributed by atoms with van der Waals surface area (Å²) in [5, 5.41) is 15.7. The Bertz CT molecular complexity index is 877. The minimum atomic E-state index is -0.338. The number of tetrazole rings is 1. The van der Waals surface area contributed by atoms with Crippen molar-refractivity contribution in [3.8, 4) is 5.69 Å². The van der Waals surface area contributed by atoms with Crippen LogP contribution in [0.4, 0.5) is 0 Å². The summed E-state index contributed by atoms with van der Waals surface area (Å²) >= 11 is 11.7. The van der Waals surface area contributed by atoms with E-state index >= 15 is 0 Å². The van der Waals surface area contributed by atoms with E-state index in [9.17, 15) is 4.79 Å². The van der Waals surface area contributed by atoms with Crippen molar-refractivity contribution in [3.05, 3.63) is 70.0 Å². The van der Waals surface area contributed by atoms with Gasteiger partial charge >= 0.3 is 0 Å². The van der Waals surface area contributed by atoms with Gasteiger partial charge in [0, 0.05) is 5.56 Å². The molecule has 0 spiro atoms. The number of nitrogens with one attached hydrogen (secondary N) is 1. The van der Waals surface area contributed by atoms with Gasteiger partial charge in [-0.1, -0.05) is 29.3 Å². The Kier molecular flexibility index (Phi) is 4.83. The van der Waals surface area contributed by atoms with Crippen LogP contribution in [0, 0.1) is 0 Å². The third-order valence-corrected chi connectivity index (χ3v) is 3.81. The number of nitrogens with zero attached hydrogens (tertiary/aromatic N) is 5. The fourth-order valence-corrected chi connectivity index (χ4v) is 2.17. The summed E-state index contributed by atoms with van der Waals surface area (Å²) in [7, 11) is 0. The highest BCUT2D eigenvalue weighted by Crippen LogP contribution is 2.21. The normalized spacial score (nSPS) is 10.9. The first-order chi connectivity index (χ1) is 11.6. The van der Waals surface area contributed by atoms with Crippen LogP contribution in [-0.4, -0.2) is 32.3 Å². The Morgan fingerprint density at radius 1 is 1.12 bits per heavy atom. The van der Waals surface area contributed by atoms with Crippen LogP contribution in [0.15, 0.2) is 53.9 Å². The first-order valence-corrected chi connectivity index (χ1v) is 7.51. The Morgan fingerprint density at radius 2 is 1.92 bits per heavy atom. The standard InChI is InChI=1S/C15H10Cl2N6O/c16-13-6-1-10(7-14(13)17)8-18-20-15(24)11-2-4-12(5-3-11)23-9-19-21-22-23/h1-9H,(H,20,24). The molecule has 0 fully saturated rings. The Labute approximate surface area is 146 Å². The van der Waals surface area contributed by atoms with Crippen molar-refractivity contribution in [1.82, 2.24) is 25.6 Å². The summed E-state index contributed by atoms with van der Waals surface area (Å²) in [5.41, 5.74) is 4.37. The van der Waals surface area contributed by atoms with Crippen LogP contribution in [0.2, 0.25) is 10.0 Å². The number of halogens is 2. The van der Waals surface area contributed by atoms with E-state index in [0.29, 0.717) is 15.6 Å². The molecular weight excluding hydrogens is 351 g/mol. The monoisotopic (exact) mass is 360 g/mol. The molecule has 3 rings (SSSR count). The van der Waals surface area contributed by atoms with E-state index in [2.05, 4.69) is 26.1 Å². The second-order valence-electron chi connectivity index (χ2n) is 4.67. The molecule has 0 radical (unpaired) electrons. The molecule has 7 nitrogen and oxygen atoms in total. The van der Waals surface area contributed by atoms with Gasteiger partial charge in [-0.25, -0.2) is 10.1 Å². The van der Waals surface area contributed by atoms with Crippen LogP contribution in [-0.2, 0) is 0 Å². The second kappa shape index (κ2) is 7.20. The predicted octanol–water partition coefficient (Wildman–Crippen LogP) is 2.73. The van der Waals surface area contributed by atoms with Gasteiger partial charge < -0.3 is 0 Å². The first kappa shape index (κ1) is 16.1. The van der Waals surface area contributed by atoms with Gasteiger partial charge in [0.25, 0.3) is 5.91 Å². The van der Waals surface area contributed by atoms with Gasteiger partial charge in [-0.3, -0.25) is 4.79 Å². The van der Waals surface area contributed by atoms with Gasteiger partial charge in [-0.2, -0.15) is 5.10 Å². The largest absolute Gasteiger partial charge is 0.271 e. The van der Waals surface area contributed by atoms with E-state index in [-0.39, 0.29) is 5.91 Å². The zero-order valence-corrected chi connectivity index (χ0v) is 13.6. The van der Waals surface area contributed by atoms with Crippen molar-refractivity contribution in [2.24, 2.45) is 5.10 Å². The summed E-state index contributed by atoms with van der Waals surface area (Å²) in [6.07, 6.45) is 2.95. The smallest absolute Gasteiger partial charge is 0.267 e. The van der Waals surface area contributed by atoms with Crippen molar-refractivity contribution >= 4 is 35.3 Å². The van der Waals surface area contributed by atoms with Crippen LogP contribution in [0.25, 0.3) is 5.69 Å². The third-order valence-electron chi connectivity index (χ3n) is 3.07. The lowest BCUT2D eigenvalue weighted by Gasteiger charge is -2.02. The minimum Gasteiger partial charge on any atom is -0.267 e. The molecule has 0 bridgehead atoms. The molecule has 1 amide bonds. The highest BCUT2D eigenvalue weighted by molar-refractivity contribution is 6.42. The summed E-state index contributed by atoms with van der Waals surface area (Å²) in [6.45, 7) is 0. The molecule has 0 unspecified atom stereocenters. The molecule has 120 valence electrons. The molecule has 3 aromatic rings. The molecular formula is C15H10Cl2N6O. The first-order valence-electron chi connectivity index (χ1n) is 6.75. The number of amides is 1. The van der Waals surface area contributed by atoms with Crippen molar-refractivity contribution in [3.63, 3.8) is 0 Å². The van der Waals surface area contributed by atoms with Gasteiger partial charge in [0.2, 0.25) is 0 Å². The molecule has 0 atom stereocenters. The molecule has 2 aromatic carbocycles. The second-order valence-corrected chi connectivity index (χ2v) is 5.49. The zero-order valence-electron chi connectivity index (χ0n) is 12.1. The Balaban J connectivity index is 1.64. The molecule has 0 aliphatic heterocycles. The summed E-state index contributed by atoms with van der Waals surface area (Å²) in [4.78, 5) is 12.0. The van der Waals surface area contributed by atoms with Gasteiger partial charge in [-0.15, -0.1) is 5.10 Å². The van der Waals surface area contributed by atoms with Gasteiger partial charge in [-0.05, 0) is 52.4 Å². The van der Waals surface area contributed by atoms with Crippen LogP contribution >= 0.6 is 23.2 Å². The molecule has 1 N–H and O–H groups in total. The number of benzene rings is 2. The summed E-state index contributed by atoms with van der Waals surface area (Å²) in [6, 6.07) is 11.8. The number of rotatable bonds is 4. The number of aromatic nitrogens is 4. The summed E-state index contributed by atoms with van der Waals surface area (Å²) in [5.74, 6) is -0.338. The highest BCUT2D eigenvalue weighted by atomic mass is 35.5. The van der Waals surface area contributed by atoms with E-state index in [1.54, 1.807) is 42.5 Å². The van der Waals surface area contributed by atoms with Gasteiger partial charge in [0.15, 0.2) is 0 Å². The zero-order chi connectivity index (χ0) is 16.9. The minimum absolute atomic E-state index is 0.338. The van der Waals surface area contributed by atoms with Crippen molar-refractivity contribution in [2.45, 2.75) is 0 Å². The lowest BCUT2D eigenvalue weighted by molar-refractivity contribution is 0.0955. The molecule has 1 heterocycles. The van der Waals surface area contributed by atoms with Gasteiger partial charge in [0.1, 0.15) is 6.33 Å². The fraction of sp³-hybridized carbons (Fsp3) is 0. The SMILES string of the molecule is O=C(NN=Cc1ccc(Cl)c(Cl)c1)c1ccc(-n2cnnn2)cc1. The number of hydrazone groups is 1. The van der Waals surface area contributed by atoms with Crippen molar-refractivity contribution in [1.29, 1.82) is 0 Å². The molecule has 24 heavy (non-hydrogen) atoms. The van der Waals surface area contributed by atoms with Crippen molar-refractivity contribution < 1.29 is 4.79 Å². The number of carbonyl (C=O) groups is 1. The lowest BCUT2D eigenvalue weighted by atomic mass is 10.2. The molecule has 0 aliphatic carbocycles. The van der Waals surface area contributed by atoms with E-state index in [1.807, 2.05) is 0 Å². The quantitative estimate of drug-likeness (QED) is 0.572. The maximum Gasteiger partial charge on any atom is 0.271 e. The maximum absolute atomic E-state index is 12.0. The van der Waals surface area contributed by atoms with E-state index < -0.39 is 0 Å². The molecule has 0 saturated heterocycles. The van der Waals surface area contributed by atoms with Gasteiger partial charge in [0.05, 0.1) is 21.9 Å². The molecule has 9 heteroatoms. The highest BCUT2D eigenvalue weighted by Gasteiger charge is 2.05. The molecule has 0 aliphatic rings. The Morgan fingerprint density at radius 3 is 2.58 bits per heavy atom. The number of hydrogen-bond acceptors (Lipinski definition) is 5. The molecule has 1 aromatic heterocycles. The van der Waals surface area contributed by atoms with Crippen LogP contribution in [0.3, 0.4) is 0 Å². The van der Waals surface area contributed by atoms with Crippen molar-refractivity contribution in [2.75, 3.05) is 0 Å². The number of hydrogen-bond donors (Lipinski definition) is 1. The van der Waals surface area contributed by atoms with Crippen LogP contribution in [0.5, 0.6) is 0 Å². The van der Waals surface area contributed by atoms with E-state index in [1.165, 1.54) is 17.2 Å². The molecule has 0 saturated carbocycles.